The van der Waals surface area contributed by atoms with Gasteiger partial charge in [0.25, 0.3) is 5.91 Å². The van der Waals surface area contributed by atoms with E-state index in [2.05, 4.69) is 0 Å². The van der Waals surface area contributed by atoms with Crippen LogP contribution in [0.5, 0.6) is 5.75 Å². The number of nitrogens with zero attached hydrogens (tertiary/aromatic N) is 1. The van der Waals surface area contributed by atoms with Gasteiger partial charge in [-0.25, -0.2) is 9.18 Å². The summed E-state index contributed by atoms with van der Waals surface area (Å²) in [6.07, 6.45) is 10.9. The highest BCUT2D eigenvalue weighted by Gasteiger charge is 2.51. The molecule has 5 aliphatic carbocycles. The zero-order chi connectivity index (χ0) is 23.0. The Labute approximate surface area is 194 Å². The molecule has 1 heterocycles. The number of aliphatic carboxylic acids is 1. The third kappa shape index (κ3) is 3.55. The Hall–Kier alpha value is -2.11. The number of benzene rings is 1. The van der Waals surface area contributed by atoms with Crippen LogP contribution in [0.15, 0.2) is 12.1 Å². The Morgan fingerprint density at radius 1 is 1.12 bits per heavy atom. The van der Waals surface area contributed by atoms with Gasteiger partial charge in [-0.3, -0.25) is 4.79 Å². The van der Waals surface area contributed by atoms with E-state index in [4.69, 9.17) is 4.74 Å². The lowest BCUT2D eigenvalue weighted by atomic mass is 9.50. The van der Waals surface area contributed by atoms with Crippen LogP contribution in [0.1, 0.15) is 93.0 Å². The highest BCUT2D eigenvalue weighted by molar-refractivity contribution is 5.98. The van der Waals surface area contributed by atoms with E-state index in [0.29, 0.717) is 37.7 Å². The zero-order valence-corrected chi connectivity index (χ0v) is 19.4. The van der Waals surface area contributed by atoms with Crippen LogP contribution >= 0.6 is 0 Å². The number of hydrogen-bond acceptors (Lipinski definition) is 3. The number of ether oxygens (including phenoxy) is 1. The van der Waals surface area contributed by atoms with Gasteiger partial charge < -0.3 is 14.7 Å². The first-order chi connectivity index (χ1) is 15.8. The van der Waals surface area contributed by atoms with E-state index >= 15 is 4.39 Å². The maximum absolute atomic E-state index is 15.3. The van der Waals surface area contributed by atoms with E-state index in [-0.39, 0.29) is 11.0 Å². The second-order valence-corrected chi connectivity index (χ2v) is 12.0. The average Bonchev–Trinajstić information content (AvgIpc) is 3.52. The monoisotopic (exact) mass is 455 g/mol. The molecule has 4 bridgehead atoms. The average molecular weight is 456 g/mol. The van der Waals surface area contributed by atoms with Crippen molar-refractivity contribution in [1.29, 1.82) is 0 Å². The minimum atomic E-state index is -1.28. The quantitative estimate of drug-likeness (QED) is 0.626. The number of carboxylic acids is 1. The maximum atomic E-state index is 15.3. The molecular formula is C27H34FNO4. The van der Waals surface area contributed by atoms with Gasteiger partial charge in [0.2, 0.25) is 0 Å². The number of hydrogen-bond donors (Lipinski definition) is 1. The summed E-state index contributed by atoms with van der Waals surface area (Å²) in [6.45, 7) is 2.54. The van der Waals surface area contributed by atoms with Crippen molar-refractivity contribution in [3.05, 3.63) is 29.1 Å². The topological polar surface area (TPSA) is 66.8 Å². The molecule has 5 nitrogen and oxygen atoms in total. The molecule has 1 aromatic carbocycles. The first-order valence-corrected chi connectivity index (χ1v) is 12.8. The second-order valence-electron chi connectivity index (χ2n) is 12.0. The Morgan fingerprint density at radius 2 is 1.76 bits per heavy atom. The Balaban J connectivity index is 1.26. The smallest absolute Gasteiger partial charge is 0.329 e. The summed E-state index contributed by atoms with van der Waals surface area (Å²) in [5.74, 6) is 1.23. The van der Waals surface area contributed by atoms with E-state index in [0.717, 1.165) is 36.2 Å². The largest absolute Gasteiger partial charge is 0.493 e. The number of halogens is 1. The van der Waals surface area contributed by atoms with E-state index in [1.54, 1.807) is 13.0 Å². The summed E-state index contributed by atoms with van der Waals surface area (Å²) in [7, 11) is 0. The number of carbonyl (C=O) groups excluding carboxylic acids is 1. The minimum absolute atomic E-state index is 0.0200. The normalized spacial score (nSPS) is 36.9. The third-order valence-electron chi connectivity index (χ3n) is 9.39. The third-order valence-corrected chi connectivity index (χ3v) is 9.39. The van der Waals surface area contributed by atoms with Gasteiger partial charge in [-0.15, -0.1) is 0 Å². The van der Waals surface area contributed by atoms with Crippen molar-refractivity contribution in [3.63, 3.8) is 0 Å². The second kappa shape index (κ2) is 7.44. The summed E-state index contributed by atoms with van der Waals surface area (Å²) >= 11 is 0. The van der Waals surface area contributed by atoms with E-state index in [1.807, 2.05) is 0 Å². The summed E-state index contributed by atoms with van der Waals surface area (Å²) in [5.41, 5.74) is -0.148. The fraction of sp³-hybridized carbons (Fsp3) is 0.704. The lowest BCUT2D eigenvalue weighted by Crippen LogP contribution is -2.51. The molecule has 5 saturated carbocycles. The Kier molecular flexibility index (Phi) is 4.83. The number of amides is 1. The Morgan fingerprint density at radius 3 is 2.33 bits per heavy atom. The molecule has 1 saturated heterocycles. The molecule has 6 fully saturated rings. The molecule has 33 heavy (non-hydrogen) atoms. The number of rotatable bonds is 6. The van der Waals surface area contributed by atoms with Crippen LogP contribution in [0.25, 0.3) is 0 Å². The molecular weight excluding hydrogens is 421 g/mol. The van der Waals surface area contributed by atoms with Crippen LogP contribution in [0.2, 0.25) is 0 Å². The SMILES string of the molecule is CC1(C(=O)O)CCCN1C(=O)c1cc(C2CC2)c(OCC23CC4CC(CC(C4)C2)C3)cc1F. The standard InChI is InChI=1S/C27H34FNO4/c1-26(25(31)32)5-2-6-29(26)24(30)21-10-20(19-3-4-19)23(11-22(21)28)33-15-27-12-16-7-17(13-27)9-18(8-16)14-27/h10-11,16-19H,2-9,12-15H2,1H3,(H,31,32). The van der Waals surface area contributed by atoms with Crippen LogP contribution in [0, 0.1) is 29.0 Å². The number of carbonyl (C=O) groups is 2. The summed E-state index contributed by atoms with van der Waals surface area (Å²) in [4.78, 5) is 26.4. The zero-order valence-electron chi connectivity index (χ0n) is 19.4. The van der Waals surface area contributed by atoms with Gasteiger partial charge in [0.15, 0.2) is 0 Å². The molecule has 1 amide bonds. The highest BCUT2D eigenvalue weighted by Crippen LogP contribution is 2.60. The molecule has 1 aromatic rings. The molecule has 0 aromatic heterocycles. The lowest BCUT2D eigenvalue weighted by Gasteiger charge is -2.56. The summed E-state index contributed by atoms with van der Waals surface area (Å²) < 4.78 is 21.7. The van der Waals surface area contributed by atoms with Crippen LogP contribution < -0.4 is 4.74 Å². The van der Waals surface area contributed by atoms with Crippen LogP contribution in [0.3, 0.4) is 0 Å². The van der Waals surface area contributed by atoms with E-state index in [1.165, 1.54) is 49.5 Å². The maximum Gasteiger partial charge on any atom is 0.329 e. The van der Waals surface area contributed by atoms with Crippen molar-refractivity contribution in [2.24, 2.45) is 23.2 Å². The molecule has 0 spiro atoms. The van der Waals surface area contributed by atoms with Crippen molar-refractivity contribution >= 4 is 11.9 Å². The van der Waals surface area contributed by atoms with Gasteiger partial charge in [0, 0.05) is 18.0 Å². The summed E-state index contributed by atoms with van der Waals surface area (Å²) in [5, 5.41) is 9.68. The molecule has 1 aliphatic heterocycles. The molecule has 7 rings (SSSR count). The van der Waals surface area contributed by atoms with Crippen LogP contribution in [-0.4, -0.2) is 40.6 Å². The number of likely N-dealkylation sites (tertiary alicyclic amines) is 1. The van der Waals surface area contributed by atoms with Crippen molar-refractivity contribution in [1.82, 2.24) is 4.90 Å². The minimum Gasteiger partial charge on any atom is -0.493 e. The van der Waals surface area contributed by atoms with Gasteiger partial charge in [-0.05, 0) is 106 Å². The Bertz CT molecular complexity index is 967. The van der Waals surface area contributed by atoms with Gasteiger partial charge >= 0.3 is 5.97 Å². The van der Waals surface area contributed by atoms with Gasteiger partial charge in [0.1, 0.15) is 17.1 Å². The van der Waals surface area contributed by atoms with Crippen molar-refractivity contribution in [3.8, 4) is 5.75 Å². The predicted molar refractivity (Wildman–Crippen MR) is 121 cm³/mol. The fourth-order valence-corrected chi connectivity index (χ4v) is 7.93. The van der Waals surface area contributed by atoms with Crippen molar-refractivity contribution < 1.29 is 23.8 Å². The summed E-state index contributed by atoms with van der Waals surface area (Å²) in [6, 6.07) is 3.06. The first kappa shape index (κ1) is 21.4. The molecule has 6 heteroatoms. The molecule has 1 atom stereocenters. The molecule has 1 N–H and O–H groups in total. The van der Waals surface area contributed by atoms with Crippen molar-refractivity contribution in [2.45, 2.75) is 82.6 Å². The molecule has 1 unspecified atom stereocenters. The molecule has 0 radical (unpaired) electrons. The molecule has 178 valence electrons. The lowest BCUT2D eigenvalue weighted by molar-refractivity contribution is -0.147. The van der Waals surface area contributed by atoms with Crippen molar-refractivity contribution in [2.75, 3.05) is 13.2 Å². The van der Waals surface area contributed by atoms with Crippen LogP contribution in [0.4, 0.5) is 4.39 Å². The van der Waals surface area contributed by atoms with E-state index < -0.39 is 23.2 Å². The van der Waals surface area contributed by atoms with Gasteiger partial charge in [-0.1, -0.05) is 0 Å². The van der Waals surface area contributed by atoms with E-state index in [9.17, 15) is 14.7 Å². The van der Waals surface area contributed by atoms with Gasteiger partial charge in [-0.2, -0.15) is 0 Å². The van der Waals surface area contributed by atoms with Gasteiger partial charge in [0.05, 0.1) is 12.2 Å². The molecule has 6 aliphatic rings. The predicted octanol–water partition coefficient (Wildman–Crippen LogP) is 5.38. The number of carboxylic acid groups (broad SMARTS) is 1. The van der Waals surface area contributed by atoms with Crippen LogP contribution in [-0.2, 0) is 4.79 Å². The fourth-order valence-electron chi connectivity index (χ4n) is 7.93. The first-order valence-electron chi connectivity index (χ1n) is 12.8. The highest BCUT2D eigenvalue weighted by atomic mass is 19.1.